The summed E-state index contributed by atoms with van der Waals surface area (Å²) in [4.78, 5) is 14.3. The van der Waals surface area contributed by atoms with Gasteiger partial charge < -0.3 is 9.64 Å². The molecule has 2 aromatic carbocycles. The molecule has 0 aliphatic rings. The van der Waals surface area contributed by atoms with E-state index in [2.05, 4.69) is 33.8 Å². The number of rotatable bonds is 20. The standard InChI is InChI=1S/C35H55NO5S/c1-7-8-9-10-11-12-13-14-15-16-17-18-24-40-34-23-22-30(26-33(34)35(3,4)5)27-36(29(2)37)32-21-19-20-31(25-32)28-41-42(6,38)39/h19-23,25-26H,7-18,24,27-28H2,1-6H3. The Labute approximate surface area is 256 Å². The second-order valence-electron chi connectivity index (χ2n) is 12.6. The minimum absolute atomic E-state index is 0.0716. The van der Waals surface area contributed by atoms with Crippen molar-refractivity contribution < 1.29 is 22.1 Å². The molecule has 6 nitrogen and oxygen atoms in total. The fraction of sp³-hybridized carbons (Fsp3) is 0.629. The van der Waals surface area contributed by atoms with Crippen molar-refractivity contribution >= 4 is 21.7 Å². The van der Waals surface area contributed by atoms with Crippen LogP contribution in [0.3, 0.4) is 0 Å². The van der Waals surface area contributed by atoms with Crippen molar-refractivity contribution in [1.29, 1.82) is 0 Å². The number of carbonyl (C=O) groups is 1. The summed E-state index contributed by atoms with van der Waals surface area (Å²) in [5, 5.41) is 0. The van der Waals surface area contributed by atoms with Crippen LogP contribution in [0.2, 0.25) is 0 Å². The first kappa shape index (κ1) is 35.8. The number of hydrogen-bond donors (Lipinski definition) is 0. The number of hydrogen-bond acceptors (Lipinski definition) is 5. The fourth-order valence-electron chi connectivity index (χ4n) is 5.07. The first-order valence-electron chi connectivity index (χ1n) is 15.9. The Kier molecular flexibility index (Phi) is 15.6. The van der Waals surface area contributed by atoms with Crippen LogP contribution in [0.4, 0.5) is 5.69 Å². The van der Waals surface area contributed by atoms with Crippen molar-refractivity contribution in [2.24, 2.45) is 0 Å². The highest BCUT2D eigenvalue weighted by molar-refractivity contribution is 7.85. The monoisotopic (exact) mass is 601 g/mol. The van der Waals surface area contributed by atoms with Gasteiger partial charge in [-0.05, 0) is 52.8 Å². The van der Waals surface area contributed by atoms with Gasteiger partial charge in [-0.3, -0.25) is 8.98 Å². The molecule has 236 valence electrons. The van der Waals surface area contributed by atoms with Crippen molar-refractivity contribution in [3.8, 4) is 5.75 Å². The number of ether oxygens (including phenoxy) is 1. The molecule has 0 N–H and O–H groups in total. The molecule has 0 saturated heterocycles. The molecule has 42 heavy (non-hydrogen) atoms. The SMILES string of the molecule is CCCCCCCCCCCCCCOc1ccc(CN(C(C)=O)c2cccc(COS(C)(=O)=O)c2)cc1C(C)(C)C. The third kappa shape index (κ3) is 14.2. The van der Waals surface area contributed by atoms with Crippen molar-refractivity contribution in [1.82, 2.24) is 0 Å². The Morgan fingerprint density at radius 2 is 1.40 bits per heavy atom. The zero-order chi connectivity index (χ0) is 31.0. The number of unbranched alkanes of at least 4 members (excludes halogenated alkanes) is 11. The van der Waals surface area contributed by atoms with E-state index in [1.807, 2.05) is 18.2 Å². The van der Waals surface area contributed by atoms with Gasteiger partial charge in [0.1, 0.15) is 5.75 Å². The predicted molar refractivity (Wildman–Crippen MR) is 175 cm³/mol. The zero-order valence-corrected chi connectivity index (χ0v) is 27.9. The Bertz CT molecular complexity index is 1190. The van der Waals surface area contributed by atoms with Crippen LogP contribution < -0.4 is 9.64 Å². The third-order valence-electron chi connectivity index (χ3n) is 7.49. The lowest BCUT2D eigenvalue weighted by Gasteiger charge is -2.26. The molecule has 7 heteroatoms. The second kappa shape index (κ2) is 18.3. The molecule has 0 unspecified atom stereocenters. The molecule has 2 aromatic rings. The third-order valence-corrected chi connectivity index (χ3v) is 8.04. The highest BCUT2D eigenvalue weighted by atomic mass is 32.2. The lowest BCUT2D eigenvalue weighted by Crippen LogP contribution is -2.28. The van der Waals surface area contributed by atoms with Crippen molar-refractivity contribution in [3.05, 3.63) is 59.2 Å². The largest absolute Gasteiger partial charge is 0.493 e. The van der Waals surface area contributed by atoms with E-state index in [4.69, 9.17) is 8.92 Å². The Morgan fingerprint density at radius 3 is 1.95 bits per heavy atom. The van der Waals surface area contributed by atoms with Crippen LogP contribution in [0.1, 0.15) is 128 Å². The van der Waals surface area contributed by atoms with E-state index in [0.717, 1.165) is 29.6 Å². The summed E-state index contributed by atoms with van der Waals surface area (Å²) < 4.78 is 34.0. The summed E-state index contributed by atoms with van der Waals surface area (Å²) in [6.07, 6.45) is 16.9. The molecule has 0 radical (unpaired) electrons. The Morgan fingerprint density at radius 1 is 0.810 bits per heavy atom. The van der Waals surface area contributed by atoms with Gasteiger partial charge in [0.2, 0.25) is 5.91 Å². The number of anilines is 1. The van der Waals surface area contributed by atoms with Crippen molar-refractivity contribution in [2.45, 2.75) is 130 Å². The molecule has 2 rings (SSSR count). The van der Waals surface area contributed by atoms with Crippen LogP contribution in [0.5, 0.6) is 5.75 Å². The average molecular weight is 602 g/mol. The van der Waals surface area contributed by atoms with Crippen LogP contribution in [0.15, 0.2) is 42.5 Å². The van der Waals surface area contributed by atoms with E-state index in [-0.39, 0.29) is 17.9 Å². The summed E-state index contributed by atoms with van der Waals surface area (Å²) in [6.45, 7) is 11.4. The first-order chi connectivity index (χ1) is 19.9. The van der Waals surface area contributed by atoms with Gasteiger partial charge in [-0.2, -0.15) is 8.42 Å². The molecule has 0 aliphatic heterocycles. The number of carbonyl (C=O) groups excluding carboxylic acids is 1. The average Bonchev–Trinajstić information content (AvgIpc) is 2.92. The van der Waals surface area contributed by atoms with Gasteiger partial charge in [0.05, 0.1) is 26.0 Å². The predicted octanol–water partition coefficient (Wildman–Crippen LogP) is 9.09. The van der Waals surface area contributed by atoms with E-state index in [1.54, 1.807) is 23.1 Å². The molecule has 0 bridgehead atoms. The smallest absolute Gasteiger partial charge is 0.264 e. The minimum atomic E-state index is -3.56. The molecule has 0 saturated carbocycles. The summed E-state index contributed by atoms with van der Waals surface area (Å²) in [7, 11) is -3.56. The van der Waals surface area contributed by atoms with Gasteiger partial charge in [0.15, 0.2) is 0 Å². The van der Waals surface area contributed by atoms with Gasteiger partial charge in [-0.15, -0.1) is 0 Å². The van der Waals surface area contributed by atoms with E-state index in [1.165, 1.54) is 77.6 Å². The lowest BCUT2D eigenvalue weighted by atomic mass is 9.85. The number of amides is 1. The maximum atomic E-state index is 12.6. The highest BCUT2D eigenvalue weighted by Gasteiger charge is 2.21. The van der Waals surface area contributed by atoms with Gasteiger partial charge in [-0.1, -0.05) is 117 Å². The summed E-state index contributed by atoms with van der Waals surface area (Å²) in [6, 6.07) is 13.4. The highest BCUT2D eigenvalue weighted by Crippen LogP contribution is 2.33. The van der Waals surface area contributed by atoms with E-state index >= 15 is 0 Å². The van der Waals surface area contributed by atoms with Gasteiger partial charge in [0.25, 0.3) is 10.1 Å². The van der Waals surface area contributed by atoms with Gasteiger partial charge >= 0.3 is 0 Å². The summed E-state index contributed by atoms with van der Waals surface area (Å²) in [5.74, 6) is 0.810. The van der Waals surface area contributed by atoms with Crippen molar-refractivity contribution in [2.75, 3.05) is 17.8 Å². The lowest BCUT2D eigenvalue weighted by molar-refractivity contribution is -0.116. The molecule has 0 fully saturated rings. The molecule has 0 atom stereocenters. The quantitative estimate of drug-likeness (QED) is 0.112. The summed E-state index contributed by atoms with van der Waals surface area (Å²) in [5.41, 5.74) is 3.39. The number of nitrogens with zero attached hydrogens (tertiary/aromatic N) is 1. The molecule has 1 amide bonds. The number of benzene rings is 2. The molecular weight excluding hydrogens is 546 g/mol. The normalized spacial score (nSPS) is 12.0. The Balaban J connectivity index is 1.91. The molecular formula is C35H55NO5S. The first-order valence-corrected chi connectivity index (χ1v) is 17.7. The van der Waals surface area contributed by atoms with E-state index in [0.29, 0.717) is 24.4 Å². The molecule has 0 spiro atoms. The van der Waals surface area contributed by atoms with Crippen LogP contribution in [-0.4, -0.2) is 27.2 Å². The molecule has 0 aromatic heterocycles. The van der Waals surface area contributed by atoms with Gasteiger partial charge in [-0.25, -0.2) is 0 Å². The van der Waals surface area contributed by atoms with Crippen molar-refractivity contribution in [3.63, 3.8) is 0 Å². The maximum absolute atomic E-state index is 12.6. The second-order valence-corrected chi connectivity index (χ2v) is 14.2. The fourth-order valence-corrected chi connectivity index (χ4v) is 5.42. The van der Waals surface area contributed by atoms with Crippen LogP contribution in [-0.2, 0) is 37.7 Å². The van der Waals surface area contributed by atoms with E-state index < -0.39 is 10.1 Å². The Hall–Kier alpha value is -2.38. The van der Waals surface area contributed by atoms with E-state index in [9.17, 15) is 13.2 Å². The van der Waals surface area contributed by atoms with Gasteiger partial charge in [0, 0.05) is 12.6 Å². The summed E-state index contributed by atoms with van der Waals surface area (Å²) >= 11 is 0. The topological polar surface area (TPSA) is 72.9 Å². The van der Waals surface area contributed by atoms with Crippen LogP contribution in [0.25, 0.3) is 0 Å². The van der Waals surface area contributed by atoms with Crippen LogP contribution in [0, 0.1) is 0 Å². The van der Waals surface area contributed by atoms with Crippen LogP contribution >= 0.6 is 0 Å². The zero-order valence-electron chi connectivity index (χ0n) is 27.0. The molecule has 0 heterocycles. The molecule has 0 aliphatic carbocycles. The maximum Gasteiger partial charge on any atom is 0.264 e. The minimum Gasteiger partial charge on any atom is -0.493 e.